The van der Waals surface area contributed by atoms with Crippen LogP contribution < -0.4 is 11.1 Å². The maximum Gasteiger partial charge on any atom is 0.208 e. The summed E-state index contributed by atoms with van der Waals surface area (Å²) in [5.41, 5.74) is 6.01. The van der Waals surface area contributed by atoms with Crippen molar-refractivity contribution in [2.45, 2.75) is 142 Å². The first-order valence-corrected chi connectivity index (χ1v) is 12.4. The molecule has 27 heavy (non-hydrogen) atoms. The van der Waals surface area contributed by atoms with Gasteiger partial charge in [0.2, 0.25) is 12.3 Å². The number of hydrogen-bond acceptors (Lipinski definition) is 2. The zero-order valence-corrected chi connectivity index (χ0v) is 18.7. The second-order valence-electron chi connectivity index (χ2n) is 8.74. The maximum absolute atomic E-state index is 6.01. The van der Waals surface area contributed by atoms with Crippen molar-refractivity contribution in [2.75, 3.05) is 6.54 Å². The van der Waals surface area contributed by atoms with E-state index >= 15 is 0 Å². The largest absolute Gasteiger partial charge is 0.273 e. The molecule has 0 bridgehead atoms. The Bertz CT molecular complexity index is 352. The van der Waals surface area contributed by atoms with Gasteiger partial charge in [0.05, 0.1) is 6.54 Å². The summed E-state index contributed by atoms with van der Waals surface area (Å²) in [6.45, 7) is 5.35. The van der Waals surface area contributed by atoms with E-state index in [0.29, 0.717) is 6.17 Å². The van der Waals surface area contributed by atoms with Gasteiger partial charge in [-0.05, 0) is 6.42 Å². The summed E-state index contributed by atoms with van der Waals surface area (Å²) >= 11 is 0. The molecular weight excluding hydrogens is 330 g/mol. The molecule has 2 atom stereocenters. The molecule has 0 aromatic heterocycles. The van der Waals surface area contributed by atoms with Crippen molar-refractivity contribution in [3.8, 4) is 0 Å². The van der Waals surface area contributed by atoms with Gasteiger partial charge in [-0.3, -0.25) is 5.73 Å². The van der Waals surface area contributed by atoms with Crippen molar-refractivity contribution in [2.24, 2.45) is 5.73 Å². The van der Waals surface area contributed by atoms with Crippen molar-refractivity contribution >= 4 is 6.21 Å². The highest BCUT2D eigenvalue weighted by molar-refractivity contribution is 5.55. The van der Waals surface area contributed by atoms with E-state index in [1.165, 1.54) is 116 Å². The molecule has 0 aromatic carbocycles. The van der Waals surface area contributed by atoms with Gasteiger partial charge in [0.25, 0.3) is 0 Å². The summed E-state index contributed by atoms with van der Waals surface area (Å²) < 4.78 is 2.28. The molecule has 1 aliphatic heterocycles. The fourth-order valence-corrected chi connectivity index (χ4v) is 4.29. The molecule has 0 saturated carbocycles. The van der Waals surface area contributed by atoms with Gasteiger partial charge in [-0.2, -0.15) is 0 Å². The van der Waals surface area contributed by atoms with E-state index in [9.17, 15) is 0 Å². The van der Waals surface area contributed by atoms with Gasteiger partial charge in [-0.1, -0.05) is 110 Å². The van der Waals surface area contributed by atoms with Gasteiger partial charge >= 0.3 is 0 Å². The Labute approximate surface area is 170 Å². The van der Waals surface area contributed by atoms with Crippen LogP contribution >= 0.6 is 0 Å². The summed E-state index contributed by atoms with van der Waals surface area (Å²) in [6, 6.07) is 0. The molecule has 3 heteroatoms. The van der Waals surface area contributed by atoms with Crippen LogP contribution in [0.4, 0.5) is 0 Å². The summed E-state index contributed by atoms with van der Waals surface area (Å²) in [5.74, 6) is 0. The molecule has 1 heterocycles. The molecule has 0 fully saturated rings. The SMILES string of the molecule is CCCCCCCCCCCCCCCCCCCC1NCC=[N+]1C(C)N. The second kappa shape index (κ2) is 17.7. The molecule has 0 spiro atoms. The van der Waals surface area contributed by atoms with Gasteiger partial charge in [0.15, 0.2) is 6.21 Å². The molecule has 0 aliphatic carbocycles. The number of unbranched alkanes of at least 4 members (excludes halogenated alkanes) is 16. The minimum absolute atomic E-state index is 0.135. The van der Waals surface area contributed by atoms with E-state index in [4.69, 9.17) is 5.73 Å². The number of nitrogens with two attached hydrogens (primary N) is 1. The van der Waals surface area contributed by atoms with E-state index in [1.807, 2.05) is 0 Å². The lowest BCUT2D eigenvalue weighted by Crippen LogP contribution is -2.41. The van der Waals surface area contributed by atoms with E-state index in [2.05, 4.69) is 30.0 Å². The molecule has 3 nitrogen and oxygen atoms in total. The van der Waals surface area contributed by atoms with Crippen LogP contribution in [0.1, 0.15) is 129 Å². The standard InChI is InChI=1S/C24H50N3/c1-3-4-5-6-7-8-9-10-11-12-13-14-15-16-17-18-19-20-24-26-21-22-27(24)23(2)25/h22-24,26H,3-21,25H2,1-2H3/q+1. The summed E-state index contributed by atoms with van der Waals surface area (Å²) in [5, 5.41) is 3.53. The predicted octanol–water partition coefficient (Wildman–Crippen LogP) is 6.35. The van der Waals surface area contributed by atoms with Crippen molar-refractivity contribution < 1.29 is 4.58 Å². The fourth-order valence-electron chi connectivity index (χ4n) is 4.29. The predicted molar refractivity (Wildman–Crippen MR) is 121 cm³/mol. The minimum Gasteiger partial charge on any atom is -0.273 e. The summed E-state index contributed by atoms with van der Waals surface area (Å²) in [7, 11) is 0. The molecule has 0 amide bonds. The van der Waals surface area contributed by atoms with Crippen molar-refractivity contribution in [1.82, 2.24) is 5.32 Å². The molecule has 2 unspecified atom stereocenters. The van der Waals surface area contributed by atoms with Crippen LogP contribution in [-0.2, 0) is 0 Å². The number of rotatable bonds is 19. The Kier molecular flexibility index (Phi) is 16.1. The third-order valence-electron chi connectivity index (χ3n) is 6.07. The summed E-state index contributed by atoms with van der Waals surface area (Å²) in [6.07, 6.45) is 28.5. The summed E-state index contributed by atoms with van der Waals surface area (Å²) in [4.78, 5) is 0. The third kappa shape index (κ3) is 13.4. The quantitative estimate of drug-likeness (QED) is 0.203. The first kappa shape index (κ1) is 24.6. The first-order valence-electron chi connectivity index (χ1n) is 12.4. The Balaban J connectivity index is 1.74. The van der Waals surface area contributed by atoms with E-state index in [1.54, 1.807) is 0 Å². The Morgan fingerprint density at radius 2 is 1.19 bits per heavy atom. The highest BCUT2D eigenvalue weighted by atomic mass is 15.3. The third-order valence-corrected chi connectivity index (χ3v) is 6.07. The lowest BCUT2D eigenvalue weighted by molar-refractivity contribution is -0.591. The maximum atomic E-state index is 6.01. The van der Waals surface area contributed by atoms with Crippen LogP contribution in [0.15, 0.2) is 0 Å². The molecule has 0 aromatic rings. The molecule has 1 rings (SSSR count). The van der Waals surface area contributed by atoms with Crippen molar-refractivity contribution in [1.29, 1.82) is 0 Å². The number of nitrogens with one attached hydrogen (secondary N) is 1. The Hall–Kier alpha value is -0.410. The molecule has 160 valence electrons. The smallest absolute Gasteiger partial charge is 0.208 e. The molecule has 1 aliphatic rings. The topological polar surface area (TPSA) is 41.1 Å². The van der Waals surface area contributed by atoms with Gasteiger partial charge in [0.1, 0.15) is 0 Å². The average Bonchev–Trinajstić information content (AvgIpc) is 3.13. The van der Waals surface area contributed by atoms with Crippen LogP contribution in [0, 0.1) is 0 Å². The molecule has 0 saturated heterocycles. The van der Waals surface area contributed by atoms with Gasteiger partial charge < -0.3 is 0 Å². The zero-order valence-electron chi connectivity index (χ0n) is 18.7. The van der Waals surface area contributed by atoms with Crippen molar-refractivity contribution in [3.05, 3.63) is 0 Å². The normalized spacial score (nSPS) is 18.0. The van der Waals surface area contributed by atoms with Crippen LogP contribution in [0.3, 0.4) is 0 Å². The van der Waals surface area contributed by atoms with Gasteiger partial charge in [0, 0.05) is 13.3 Å². The van der Waals surface area contributed by atoms with Crippen LogP contribution in [0.2, 0.25) is 0 Å². The Morgan fingerprint density at radius 3 is 1.59 bits per heavy atom. The van der Waals surface area contributed by atoms with Crippen LogP contribution in [0.5, 0.6) is 0 Å². The highest BCUT2D eigenvalue weighted by Gasteiger charge is 2.26. The number of nitrogens with zero attached hydrogens (tertiary/aromatic N) is 1. The lowest BCUT2D eigenvalue weighted by atomic mass is 10.0. The fraction of sp³-hybridized carbons (Fsp3) is 0.958. The zero-order chi connectivity index (χ0) is 19.6. The van der Waals surface area contributed by atoms with E-state index < -0.39 is 0 Å². The van der Waals surface area contributed by atoms with Crippen molar-refractivity contribution in [3.63, 3.8) is 0 Å². The van der Waals surface area contributed by atoms with Gasteiger partial charge in [-0.15, -0.1) is 0 Å². The van der Waals surface area contributed by atoms with Crippen LogP contribution in [0.25, 0.3) is 0 Å². The minimum atomic E-state index is 0.135. The number of hydrogen-bond donors (Lipinski definition) is 2. The first-order chi connectivity index (χ1) is 13.3. The highest BCUT2D eigenvalue weighted by Crippen LogP contribution is 2.15. The monoisotopic (exact) mass is 380 g/mol. The molecule has 3 N–H and O–H groups in total. The molecule has 0 radical (unpaired) electrons. The van der Waals surface area contributed by atoms with E-state index in [-0.39, 0.29) is 6.17 Å². The molecular formula is C24H50N3+. The second-order valence-corrected chi connectivity index (χ2v) is 8.74. The Morgan fingerprint density at radius 1 is 0.778 bits per heavy atom. The van der Waals surface area contributed by atoms with Crippen LogP contribution in [-0.4, -0.2) is 29.7 Å². The lowest BCUT2D eigenvalue weighted by Gasteiger charge is -2.13. The van der Waals surface area contributed by atoms with E-state index in [0.717, 1.165) is 6.54 Å². The average molecular weight is 381 g/mol. The van der Waals surface area contributed by atoms with Gasteiger partial charge in [-0.25, -0.2) is 9.89 Å².